The lowest BCUT2D eigenvalue weighted by atomic mass is 9.90. The summed E-state index contributed by atoms with van der Waals surface area (Å²) in [5.41, 5.74) is 1.46. The van der Waals surface area contributed by atoms with E-state index in [2.05, 4.69) is 10.0 Å². The zero-order valence-electron chi connectivity index (χ0n) is 18.8. The van der Waals surface area contributed by atoms with Crippen LogP contribution in [-0.4, -0.2) is 39.9 Å². The lowest BCUT2D eigenvalue weighted by Crippen LogP contribution is -2.40. The van der Waals surface area contributed by atoms with Crippen LogP contribution < -0.4 is 14.8 Å². The van der Waals surface area contributed by atoms with Gasteiger partial charge in [-0.3, -0.25) is 0 Å². The first-order valence-corrected chi connectivity index (χ1v) is 12.9. The fraction of sp³-hybridized carbons (Fsp3) is 0.500. The first-order chi connectivity index (χ1) is 16.1. The molecule has 1 saturated carbocycles. The van der Waals surface area contributed by atoms with Crippen molar-refractivity contribution in [2.75, 3.05) is 20.2 Å². The fourth-order valence-corrected chi connectivity index (χ4v) is 6.22. The van der Waals surface area contributed by atoms with Crippen LogP contribution in [0, 0.1) is 5.82 Å². The van der Waals surface area contributed by atoms with Crippen LogP contribution in [0.2, 0.25) is 0 Å². The molecule has 0 aliphatic heterocycles. The average Bonchev–Trinajstić information content (AvgIpc) is 3.05. The van der Waals surface area contributed by atoms with Gasteiger partial charge in [-0.25, -0.2) is 17.5 Å². The summed E-state index contributed by atoms with van der Waals surface area (Å²) in [5.74, 6) is -0.703. The largest absolute Gasteiger partial charge is 0.489 e. The topological polar surface area (TPSA) is 67.4 Å². The van der Waals surface area contributed by atoms with Crippen LogP contribution in [0.5, 0.6) is 5.75 Å². The third-order valence-corrected chi connectivity index (χ3v) is 8.71. The van der Waals surface area contributed by atoms with Gasteiger partial charge in [0.05, 0.1) is 10.8 Å². The van der Waals surface area contributed by atoms with Crippen LogP contribution in [0.3, 0.4) is 0 Å². The van der Waals surface area contributed by atoms with Crippen LogP contribution in [0.25, 0.3) is 0 Å². The Kier molecular flexibility index (Phi) is 7.21. The van der Waals surface area contributed by atoms with E-state index in [1.807, 2.05) is 0 Å². The Bertz CT molecular complexity index is 1130. The van der Waals surface area contributed by atoms with Gasteiger partial charge >= 0.3 is 6.18 Å². The molecular formula is C24H28F4N2O3S. The number of benzene rings is 2. The summed E-state index contributed by atoms with van der Waals surface area (Å²) in [6.45, 7) is -0.00241. The first-order valence-electron chi connectivity index (χ1n) is 11.4. The Hall–Kier alpha value is -2.17. The molecule has 2 aliphatic rings. The Morgan fingerprint density at radius 1 is 1.15 bits per heavy atom. The normalized spacial score (nSPS) is 20.7. The summed E-state index contributed by atoms with van der Waals surface area (Å²) in [6, 6.07) is 8.19. The molecule has 2 aliphatic carbocycles. The Labute approximate surface area is 196 Å². The molecular weight excluding hydrogens is 472 g/mol. The number of ether oxygens (including phenoxy) is 1. The monoisotopic (exact) mass is 500 g/mol. The fourth-order valence-electron chi connectivity index (χ4n) is 4.67. The summed E-state index contributed by atoms with van der Waals surface area (Å²) < 4.78 is 86.3. The third kappa shape index (κ3) is 5.39. The second-order valence-electron chi connectivity index (χ2n) is 8.93. The van der Waals surface area contributed by atoms with Crippen molar-refractivity contribution in [3.05, 3.63) is 64.5 Å². The van der Waals surface area contributed by atoms with Gasteiger partial charge in [0.25, 0.3) is 0 Å². The highest BCUT2D eigenvalue weighted by Gasteiger charge is 2.35. The number of hydrogen-bond acceptors (Lipinski definition) is 4. The molecule has 0 spiro atoms. The second-order valence-corrected chi connectivity index (χ2v) is 11.0. The van der Waals surface area contributed by atoms with Crippen LogP contribution >= 0.6 is 0 Å². The molecule has 0 aromatic heterocycles. The van der Waals surface area contributed by atoms with Gasteiger partial charge in [-0.05, 0) is 67.6 Å². The molecule has 0 saturated heterocycles. The lowest BCUT2D eigenvalue weighted by molar-refractivity contribution is -0.137. The van der Waals surface area contributed by atoms with E-state index in [0.29, 0.717) is 31.2 Å². The van der Waals surface area contributed by atoms with Crippen molar-refractivity contribution in [2.45, 2.75) is 55.5 Å². The molecule has 0 radical (unpaired) electrons. The Morgan fingerprint density at radius 2 is 1.91 bits per heavy atom. The Balaban J connectivity index is 1.47. The van der Waals surface area contributed by atoms with Crippen LogP contribution in [0.15, 0.2) is 36.4 Å². The molecule has 5 nitrogen and oxygen atoms in total. The molecule has 2 unspecified atom stereocenters. The molecule has 186 valence electrons. The number of sulfonamides is 1. The van der Waals surface area contributed by atoms with Gasteiger partial charge in [0.1, 0.15) is 6.61 Å². The van der Waals surface area contributed by atoms with Gasteiger partial charge in [-0.2, -0.15) is 13.2 Å². The highest BCUT2D eigenvalue weighted by Crippen LogP contribution is 2.40. The number of alkyl halides is 3. The van der Waals surface area contributed by atoms with Gasteiger partial charge in [0.15, 0.2) is 11.6 Å². The quantitative estimate of drug-likeness (QED) is 0.401. The highest BCUT2D eigenvalue weighted by atomic mass is 32.2. The van der Waals surface area contributed by atoms with Crippen molar-refractivity contribution in [1.29, 1.82) is 0 Å². The van der Waals surface area contributed by atoms with Crippen LogP contribution in [0.4, 0.5) is 17.6 Å². The smallest absolute Gasteiger partial charge is 0.416 e. The van der Waals surface area contributed by atoms with E-state index in [0.717, 1.165) is 29.7 Å². The van der Waals surface area contributed by atoms with Crippen molar-refractivity contribution in [3.63, 3.8) is 0 Å². The van der Waals surface area contributed by atoms with E-state index >= 15 is 0 Å². The van der Waals surface area contributed by atoms with Crippen molar-refractivity contribution in [2.24, 2.45) is 0 Å². The van der Waals surface area contributed by atoms with E-state index < -0.39 is 27.6 Å². The molecule has 2 N–H and O–H groups in total. The first kappa shape index (κ1) is 24.9. The number of hydrogen-bond donors (Lipinski definition) is 2. The van der Waals surface area contributed by atoms with E-state index in [-0.39, 0.29) is 36.1 Å². The van der Waals surface area contributed by atoms with Crippen LogP contribution in [0.1, 0.15) is 47.4 Å². The van der Waals surface area contributed by atoms with Gasteiger partial charge in [0.2, 0.25) is 10.0 Å². The van der Waals surface area contributed by atoms with Crippen molar-refractivity contribution < 1.29 is 30.7 Å². The Morgan fingerprint density at radius 3 is 2.56 bits per heavy atom. The standard InChI is InChI=1S/C24H28F4N2O3S/c1-29-22-13-16-12-21(25)23(33-9-8-30-34(31,32)18-6-3-7-18)14-19(16)20(22)11-15-4-2-5-17(10-15)24(26,27)28/h2,4-5,10,12,14,18,20,22,29-30H,3,6-9,11,13H2,1H3. The summed E-state index contributed by atoms with van der Waals surface area (Å²) in [7, 11) is -1.60. The minimum atomic E-state index is -4.42. The molecule has 0 bridgehead atoms. The second kappa shape index (κ2) is 9.83. The molecule has 34 heavy (non-hydrogen) atoms. The molecule has 1 fully saturated rings. The maximum absolute atomic E-state index is 14.7. The maximum Gasteiger partial charge on any atom is 0.416 e. The van der Waals surface area contributed by atoms with Crippen LogP contribution in [-0.2, 0) is 29.0 Å². The zero-order valence-corrected chi connectivity index (χ0v) is 19.6. The molecule has 0 amide bonds. The molecule has 2 aromatic rings. The maximum atomic E-state index is 14.7. The van der Waals surface area contributed by atoms with E-state index in [9.17, 15) is 26.0 Å². The van der Waals surface area contributed by atoms with E-state index in [1.54, 1.807) is 19.2 Å². The van der Waals surface area contributed by atoms with Gasteiger partial charge in [-0.15, -0.1) is 0 Å². The summed E-state index contributed by atoms with van der Waals surface area (Å²) >= 11 is 0. The SMILES string of the molecule is CNC1Cc2cc(F)c(OCCNS(=O)(=O)C3CCC3)cc2C1Cc1cccc(C(F)(F)F)c1. The third-order valence-electron chi connectivity index (χ3n) is 6.75. The lowest BCUT2D eigenvalue weighted by Gasteiger charge is -2.25. The van der Waals surface area contributed by atoms with Gasteiger partial charge < -0.3 is 10.1 Å². The number of fused-ring (bicyclic) bond motifs is 1. The molecule has 10 heteroatoms. The van der Waals surface area contributed by atoms with Crippen molar-refractivity contribution in [3.8, 4) is 5.75 Å². The number of likely N-dealkylation sites (N-methyl/N-ethyl adjacent to an activating group) is 1. The summed E-state index contributed by atoms with van der Waals surface area (Å²) in [4.78, 5) is 0. The number of halogens is 4. The zero-order chi connectivity index (χ0) is 24.5. The van der Waals surface area contributed by atoms with E-state index in [4.69, 9.17) is 4.74 Å². The average molecular weight is 501 g/mol. The molecule has 4 rings (SSSR count). The molecule has 2 aromatic carbocycles. The number of nitrogens with one attached hydrogen (secondary N) is 2. The van der Waals surface area contributed by atoms with Gasteiger partial charge in [0, 0.05) is 18.5 Å². The predicted octanol–water partition coefficient (Wildman–Crippen LogP) is 4.17. The summed E-state index contributed by atoms with van der Waals surface area (Å²) in [6.07, 6.45) is -1.32. The summed E-state index contributed by atoms with van der Waals surface area (Å²) in [5, 5.41) is 2.83. The molecule has 2 atom stereocenters. The minimum Gasteiger partial charge on any atom is -0.489 e. The molecule has 0 heterocycles. The highest BCUT2D eigenvalue weighted by molar-refractivity contribution is 7.90. The number of rotatable bonds is 9. The van der Waals surface area contributed by atoms with Gasteiger partial charge in [-0.1, -0.05) is 24.6 Å². The van der Waals surface area contributed by atoms with E-state index in [1.165, 1.54) is 12.1 Å². The van der Waals surface area contributed by atoms with Crippen molar-refractivity contribution in [1.82, 2.24) is 10.0 Å². The minimum absolute atomic E-state index is 0.00684. The van der Waals surface area contributed by atoms with Crippen molar-refractivity contribution >= 4 is 10.0 Å². The predicted molar refractivity (Wildman–Crippen MR) is 121 cm³/mol.